The van der Waals surface area contributed by atoms with Gasteiger partial charge in [0, 0.05) is 10.6 Å². The standard InChI is InChI=1S/C15H15ClO/c1-11(2)17-15-9-8-13(16)10-14(15)12-6-4-3-5-7-12/h3-11H,1-2H3. The lowest BCUT2D eigenvalue weighted by Gasteiger charge is -2.14. The molecule has 0 fully saturated rings. The number of benzene rings is 2. The van der Waals surface area contributed by atoms with E-state index in [9.17, 15) is 0 Å². The fourth-order valence-corrected chi connectivity index (χ4v) is 1.87. The first-order chi connectivity index (χ1) is 8.16. The van der Waals surface area contributed by atoms with Crippen molar-refractivity contribution in [3.8, 4) is 16.9 Å². The number of ether oxygens (including phenoxy) is 1. The average molecular weight is 247 g/mol. The minimum atomic E-state index is 0.152. The van der Waals surface area contributed by atoms with E-state index < -0.39 is 0 Å². The quantitative estimate of drug-likeness (QED) is 0.756. The van der Waals surface area contributed by atoms with Crippen LogP contribution in [0.25, 0.3) is 11.1 Å². The Bertz CT molecular complexity index is 492. The molecule has 0 saturated carbocycles. The topological polar surface area (TPSA) is 9.23 Å². The first-order valence-electron chi connectivity index (χ1n) is 5.68. The van der Waals surface area contributed by atoms with Gasteiger partial charge in [-0.25, -0.2) is 0 Å². The van der Waals surface area contributed by atoms with Crippen molar-refractivity contribution in [1.29, 1.82) is 0 Å². The summed E-state index contributed by atoms with van der Waals surface area (Å²) in [5, 5.41) is 0.722. The number of hydrogen-bond donors (Lipinski definition) is 0. The van der Waals surface area contributed by atoms with Crippen LogP contribution in [0.4, 0.5) is 0 Å². The van der Waals surface area contributed by atoms with Gasteiger partial charge in [-0.3, -0.25) is 0 Å². The molecule has 2 heteroatoms. The summed E-state index contributed by atoms with van der Waals surface area (Å²) in [7, 11) is 0. The number of rotatable bonds is 3. The highest BCUT2D eigenvalue weighted by molar-refractivity contribution is 6.31. The third-order valence-corrected chi connectivity index (χ3v) is 2.62. The van der Waals surface area contributed by atoms with E-state index in [1.807, 2.05) is 50.2 Å². The van der Waals surface area contributed by atoms with Crippen molar-refractivity contribution < 1.29 is 4.74 Å². The maximum absolute atomic E-state index is 6.05. The van der Waals surface area contributed by atoms with Crippen LogP contribution in [0.5, 0.6) is 5.75 Å². The van der Waals surface area contributed by atoms with Crippen LogP contribution in [-0.4, -0.2) is 6.10 Å². The molecule has 0 atom stereocenters. The van der Waals surface area contributed by atoms with Crippen molar-refractivity contribution >= 4 is 11.6 Å². The molecule has 0 saturated heterocycles. The lowest BCUT2D eigenvalue weighted by Crippen LogP contribution is -2.06. The second-order valence-corrected chi connectivity index (χ2v) is 4.61. The van der Waals surface area contributed by atoms with Crippen LogP contribution >= 0.6 is 11.6 Å². The van der Waals surface area contributed by atoms with Crippen molar-refractivity contribution in [3.05, 3.63) is 53.6 Å². The monoisotopic (exact) mass is 246 g/mol. The molecule has 0 aliphatic carbocycles. The molecular formula is C15H15ClO. The molecule has 0 radical (unpaired) electrons. The van der Waals surface area contributed by atoms with E-state index in [1.165, 1.54) is 0 Å². The summed E-state index contributed by atoms with van der Waals surface area (Å²) >= 11 is 6.05. The van der Waals surface area contributed by atoms with Crippen LogP contribution in [0.2, 0.25) is 5.02 Å². The molecule has 0 heterocycles. The Hall–Kier alpha value is -1.47. The van der Waals surface area contributed by atoms with Crippen LogP contribution in [0, 0.1) is 0 Å². The van der Waals surface area contributed by atoms with Gasteiger partial charge in [-0.2, -0.15) is 0 Å². The van der Waals surface area contributed by atoms with Crippen molar-refractivity contribution in [3.63, 3.8) is 0 Å². The van der Waals surface area contributed by atoms with E-state index in [0.717, 1.165) is 21.9 Å². The molecule has 1 nitrogen and oxygen atoms in total. The lowest BCUT2D eigenvalue weighted by molar-refractivity contribution is 0.243. The van der Waals surface area contributed by atoms with Gasteiger partial charge in [0.05, 0.1) is 6.10 Å². The molecule has 0 aliphatic heterocycles. The molecule has 2 rings (SSSR count). The molecule has 2 aromatic rings. The first kappa shape index (κ1) is 12.0. The fourth-order valence-electron chi connectivity index (χ4n) is 1.70. The Labute approximate surface area is 107 Å². The van der Waals surface area contributed by atoms with Gasteiger partial charge in [0.25, 0.3) is 0 Å². The first-order valence-corrected chi connectivity index (χ1v) is 6.06. The predicted molar refractivity (Wildman–Crippen MR) is 72.7 cm³/mol. The lowest BCUT2D eigenvalue weighted by atomic mass is 10.0. The van der Waals surface area contributed by atoms with E-state index in [2.05, 4.69) is 12.1 Å². The molecule has 0 spiro atoms. The summed E-state index contributed by atoms with van der Waals surface area (Å²) in [4.78, 5) is 0. The second kappa shape index (κ2) is 5.24. The zero-order valence-electron chi connectivity index (χ0n) is 9.98. The molecule has 0 N–H and O–H groups in total. The van der Waals surface area contributed by atoms with Crippen molar-refractivity contribution in [2.24, 2.45) is 0 Å². The summed E-state index contributed by atoms with van der Waals surface area (Å²) in [6.45, 7) is 4.03. The van der Waals surface area contributed by atoms with Crippen LogP contribution < -0.4 is 4.74 Å². The molecule has 0 aliphatic rings. The van der Waals surface area contributed by atoms with Gasteiger partial charge in [0.2, 0.25) is 0 Å². The third-order valence-electron chi connectivity index (χ3n) is 2.39. The second-order valence-electron chi connectivity index (χ2n) is 4.17. The van der Waals surface area contributed by atoms with Gasteiger partial charge in [-0.1, -0.05) is 41.9 Å². The Balaban J connectivity index is 2.47. The van der Waals surface area contributed by atoms with E-state index >= 15 is 0 Å². The van der Waals surface area contributed by atoms with Crippen LogP contribution in [0.1, 0.15) is 13.8 Å². The minimum absolute atomic E-state index is 0.152. The van der Waals surface area contributed by atoms with Gasteiger partial charge in [-0.15, -0.1) is 0 Å². The SMILES string of the molecule is CC(C)Oc1ccc(Cl)cc1-c1ccccc1. The maximum Gasteiger partial charge on any atom is 0.127 e. The largest absolute Gasteiger partial charge is 0.490 e. The Morgan fingerprint density at radius 1 is 1.00 bits per heavy atom. The van der Waals surface area contributed by atoms with Crippen LogP contribution in [0.15, 0.2) is 48.5 Å². The highest BCUT2D eigenvalue weighted by Gasteiger charge is 2.08. The Morgan fingerprint density at radius 3 is 2.35 bits per heavy atom. The molecule has 0 amide bonds. The summed E-state index contributed by atoms with van der Waals surface area (Å²) in [5.41, 5.74) is 2.15. The van der Waals surface area contributed by atoms with Gasteiger partial charge in [0.15, 0.2) is 0 Å². The number of hydrogen-bond acceptors (Lipinski definition) is 1. The minimum Gasteiger partial charge on any atom is -0.490 e. The van der Waals surface area contributed by atoms with E-state index in [4.69, 9.17) is 16.3 Å². The Kier molecular flexibility index (Phi) is 3.70. The maximum atomic E-state index is 6.05. The zero-order valence-corrected chi connectivity index (χ0v) is 10.7. The van der Waals surface area contributed by atoms with Gasteiger partial charge < -0.3 is 4.74 Å². The van der Waals surface area contributed by atoms with Crippen molar-refractivity contribution in [2.45, 2.75) is 20.0 Å². The summed E-state index contributed by atoms with van der Waals surface area (Å²) < 4.78 is 5.80. The van der Waals surface area contributed by atoms with Gasteiger partial charge in [0.1, 0.15) is 5.75 Å². The third kappa shape index (κ3) is 3.01. The predicted octanol–water partition coefficient (Wildman–Crippen LogP) is 4.79. The number of halogens is 1. The summed E-state index contributed by atoms with van der Waals surface area (Å²) in [5.74, 6) is 0.871. The normalized spacial score (nSPS) is 10.6. The molecule has 0 aromatic heterocycles. The molecular weight excluding hydrogens is 232 g/mol. The van der Waals surface area contributed by atoms with Crippen molar-refractivity contribution in [1.82, 2.24) is 0 Å². The van der Waals surface area contributed by atoms with Crippen LogP contribution in [0.3, 0.4) is 0 Å². The van der Waals surface area contributed by atoms with Gasteiger partial charge >= 0.3 is 0 Å². The summed E-state index contributed by atoms with van der Waals surface area (Å²) in [6.07, 6.45) is 0.152. The Morgan fingerprint density at radius 2 is 1.71 bits per heavy atom. The zero-order chi connectivity index (χ0) is 12.3. The molecule has 17 heavy (non-hydrogen) atoms. The van der Waals surface area contributed by atoms with Crippen molar-refractivity contribution in [2.75, 3.05) is 0 Å². The average Bonchev–Trinajstić information content (AvgIpc) is 2.32. The van der Waals surface area contributed by atoms with E-state index in [1.54, 1.807) is 0 Å². The van der Waals surface area contributed by atoms with E-state index in [-0.39, 0.29) is 6.10 Å². The highest BCUT2D eigenvalue weighted by Crippen LogP contribution is 2.33. The fraction of sp³-hybridized carbons (Fsp3) is 0.200. The van der Waals surface area contributed by atoms with Gasteiger partial charge in [-0.05, 0) is 37.6 Å². The van der Waals surface area contributed by atoms with Crippen LogP contribution in [-0.2, 0) is 0 Å². The molecule has 88 valence electrons. The highest BCUT2D eigenvalue weighted by atomic mass is 35.5. The molecule has 0 unspecified atom stereocenters. The molecule has 2 aromatic carbocycles. The molecule has 0 bridgehead atoms. The summed E-state index contributed by atoms with van der Waals surface area (Å²) in [6, 6.07) is 15.8. The van der Waals surface area contributed by atoms with E-state index in [0.29, 0.717) is 0 Å². The smallest absolute Gasteiger partial charge is 0.127 e.